The third-order valence-corrected chi connectivity index (χ3v) is 5.51. The van der Waals surface area contributed by atoms with Gasteiger partial charge in [0.2, 0.25) is 15.9 Å². The Hall–Kier alpha value is -2.26. The zero-order valence-corrected chi connectivity index (χ0v) is 15.3. The van der Waals surface area contributed by atoms with E-state index in [0.29, 0.717) is 24.4 Å². The lowest BCUT2D eigenvalue weighted by atomic mass is 10.2. The van der Waals surface area contributed by atoms with E-state index in [4.69, 9.17) is 4.42 Å². The summed E-state index contributed by atoms with van der Waals surface area (Å²) in [7, 11) is -2.00. The minimum atomic E-state index is -3.55. The van der Waals surface area contributed by atoms with Gasteiger partial charge in [-0.1, -0.05) is 25.4 Å². The first-order chi connectivity index (χ1) is 11.9. The summed E-state index contributed by atoms with van der Waals surface area (Å²) in [6.07, 6.45) is 2.27. The van der Waals surface area contributed by atoms with E-state index in [1.54, 1.807) is 7.05 Å². The van der Waals surface area contributed by atoms with Crippen molar-refractivity contribution >= 4 is 21.9 Å². The molecule has 8 nitrogen and oxygen atoms in total. The van der Waals surface area contributed by atoms with Crippen LogP contribution in [0.2, 0.25) is 0 Å². The molecule has 0 aliphatic carbocycles. The van der Waals surface area contributed by atoms with Crippen LogP contribution in [0.1, 0.15) is 42.9 Å². The molecule has 136 valence electrons. The molecule has 1 aromatic carbocycles. The van der Waals surface area contributed by atoms with Gasteiger partial charge in [0.1, 0.15) is 0 Å². The van der Waals surface area contributed by atoms with Crippen molar-refractivity contribution in [3.05, 3.63) is 35.7 Å². The van der Waals surface area contributed by atoms with E-state index in [1.807, 2.05) is 13.8 Å². The first-order valence-corrected chi connectivity index (χ1v) is 9.52. The number of hydrogen-bond donors (Lipinski definition) is 1. The predicted molar refractivity (Wildman–Crippen MR) is 92.8 cm³/mol. The first-order valence-electron chi connectivity index (χ1n) is 8.08. The van der Waals surface area contributed by atoms with Crippen LogP contribution in [0.15, 0.2) is 33.6 Å². The fourth-order valence-corrected chi connectivity index (χ4v) is 3.28. The highest BCUT2D eigenvalue weighted by atomic mass is 32.2. The van der Waals surface area contributed by atoms with Crippen LogP contribution in [0, 0.1) is 0 Å². The molecule has 1 N–H and O–H groups in total. The van der Waals surface area contributed by atoms with E-state index in [9.17, 15) is 13.2 Å². The van der Waals surface area contributed by atoms with Gasteiger partial charge >= 0.3 is 6.01 Å². The van der Waals surface area contributed by atoms with Crippen molar-refractivity contribution in [2.45, 2.75) is 38.0 Å². The van der Waals surface area contributed by atoms with Gasteiger partial charge in [0, 0.05) is 25.6 Å². The number of aromatic nitrogens is 2. The topological polar surface area (TPSA) is 105 Å². The Balaban J connectivity index is 2.09. The van der Waals surface area contributed by atoms with Crippen LogP contribution >= 0.6 is 0 Å². The molecule has 0 spiro atoms. The van der Waals surface area contributed by atoms with E-state index in [2.05, 4.69) is 15.5 Å². The largest absolute Gasteiger partial charge is 0.408 e. The SMILES string of the molecule is CCCCN(C)S(=O)(=O)c1ccc(C(=O)Nc2nnc(CC)o2)cc1. The minimum Gasteiger partial charge on any atom is -0.408 e. The molecular weight excluding hydrogens is 344 g/mol. The van der Waals surface area contributed by atoms with Crippen LogP contribution in [-0.4, -0.2) is 42.4 Å². The molecule has 1 heterocycles. The second kappa shape index (κ2) is 8.21. The molecule has 1 amide bonds. The highest BCUT2D eigenvalue weighted by molar-refractivity contribution is 7.89. The van der Waals surface area contributed by atoms with Crippen LogP contribution < -0.4 is 5.32 Å². The zero-order valence-electron chi connectivity index (χ0n) is 14.5. The van der Waals surface area contributed by atoms with Crippen LogP contribution in [0.4, 0.5) is 6.01 Å². The van der Waals surface area contributed by atoms with E-state index < -0.39 is 15.9 Å². The molecule has 0 aliphatic heterocycles. The normalized spacial score (nSPS) is 11.7. The van der Waals surface area contributed by atoms with E-state index in [-0.39, 0.29) is 10.9 Å². The molecule has 0 aliphatic rings. The molecule has 2 aromatic rings. The second-order valence-electron chi connectivity index (χ2n) is 5.51. The number of benzene rings is 1. The Bertz CT molecular complexity index is 815. The molecule has 1 aromatic heterocycles. The lowest BCUT2D eigenvalue weighted by Gasteiger charge is -2.16. The number of unbranched alkanes of at least 4 members (excludes halogenated alkanes) is 1. The Kier molecular flexibility index (Phi) is 6.27. The average Bonchev–Trinajstić information content (AvgIpc) is 3.07. The van der Waals surface area contributed by atoms with Gasteiger partial charge in [-0.25, -0.2) is 12.7 Å². The number of anilines is 1. The maximum atomic E-state index is 12.4. The molecule has 0 atom stereocenters. The molecule has 9 heteroatoms. The van der Waals surface area contributed by atoms with Gasteiger partial charge in [-0.2, -0.15) is 0 Å². The van der Waals surface area contributed by atoms with Crippen molar-refractivity contribution in [2.24, 2.45) is 0 Å². The van der Waals surface area contributed by atoms with Crippen molar-refractivity contribution < 1.29 is 17.6 Å². The van der Waals surface area contributed by atoms with Crippen molar-refractivity contribution in [3.63, 3.8) is 0 Å². The Labute approximate surface area is 147 Å². The van der Waals surface area contributed by atoms with Gasteiger partial charge in [0.25, 0.3) is 5.91 Å². The van der Waals surface area contributed by atoms with Crippen LogP contribution in [-0.2, 0) is 16.4 Å². The summed E-state index contributed by atoms with van der Waals surface area (Å²) in [5.74, 6) is -0.0264. The molecule has 0 radical (unpaired) electrons. The van der Waals surface area contributed by atoms with Crippen LogP contribution in [0.5, 0.6) is 0 Å². The molecule has 2 rings (SSSR count). The fourth-order valence-electron chi connectivity index (χ4n) is 2.08. The number of carbonyl (C=O) groups is 1. The monoisotopic (exact) mass is 366 g/mol. The van der Waals surface area contributed by atoms with Gasteiger partial charge < -0.3 is 4.42 Å². The van der Waals surface area contributed by atoms with E-state index >= 15 is 0 Å². The summed E-state index contributed by atoms with van der Waals surface area (Å²) >= 11 is 0. The van der Waals surface area contributed by atoms with Crippen molar-refractivity contribution in [3.8, 4) is 0 Å². The standard InChI is InChI=1S/C16H22N4O4S/c1-4-6-11-20(3)25(22,23)13-9-7-12(8-10-13)15(21)17-16-19-18-14(5-2)24-16/h7-10H,4-6,11H2,1-3H3,(H,17,19,21). The lowest BCUT2D eigenvalue weighted by molar-refractivity contribution is 0.102. The van der Waals surface area contributed by atoms with Gasteiger partial charge in [-0.3, -0.25) is 10.1 Å². The fraction of sp³-hybridized carbons (Fsp3) is 0.438. The second-order valence-corrected chi connectivity index (χ2v) is 7.56. The maximum Gasteiger partial charge on any atom is 0.322 e. The molecule has 0 unspecified atom stereocenters. The Morgan fingerprint density at radius 3 is 2.44 bits per heavy atom. The van der Waals surface area contributed by atoms with Crippen molar-refractivity contribution in [2.75, 3.05) is 18.9 Å². The molecular formula is C16H22N4O4S. The summed E-state index contributed by atoms with van der Waals surface area (Å²) in [4.78, 5) is 12.3. The quantitative estimate of drug-likeness (QED) is 0.768. The number of rotatable bonds is 8. The predicted octanol–water partition coefficient (Wildman–Crippen LogP) is 2.30. The summed E-state index contributed by atoms with van der Waals surface area (Å²) in [6, 6.07) is 5.74. The average molecular weight is 366 g/mol. The van der Waals surface area contributed by atoms with Gasteiger partial charge in [0.15, 0.2) is 0 Å². The Morgan fingerprint density at radius 2 is 1.88 bits per heavy atom. The third-order valence-electron chi connectivity index (χ3n) is 3.64. The Morgan fingerprint density at radius 1 is 1.20 bits per heavy atom. The summed E-state index contributed by atoms with van der Waals surface area (Å²) in [5, 5.41) is 9.95. The lowest BCUT2D eigenvalue weighted by Crippen LogP contribution is -2.28. The summed E-state index contributed by atoms with van der Waals surface area (Å²) < 4.78 is 31.4. The number of aryl methyl sites for hydroxylation is 1. The van der Waals surface area contributed by atoms with Gasteiger partial charge in [-0.15, -0.1) is 5.10 Å². The number of nitrogens with zero attached hydrogens (tertiary/aromatic N) is 3. The van der Waals surface area contributed by atoms with Crippen molar-refractivity contribution in [1.82, 2.24) is 14.5 Å². The highest BCUT2D eigenvalue weighted by Gasteiger charge is 2.20. The van der Waals surface area contributed by atoms with Gasteiger partial charge in [0.05, 0.1) is 4.90 Å². The molecule has 0 saturated heterocycles. The van der Waals surface area contributed by atoms with Crippen LogP contribution in [0.3, 0.4) is 0 Å². The van der Waals surface area contributed by atoms with Crippen molar-refractivity contribution in [1.29, 1.82) is 0 Å². The number of hydrogen-bond acceptors (Lipinski definition) is 6. The summed E-state index contributed by atoms with van der Waals surface area (Å²) in [6.45, 7) is 4.31. The molecule has 0 saturated carbocycles. The number of amides is 1. The zero-order chi connectivity index (χ0) is 18.4. The number of sulfonamides is 1. The first kappa shape index (κ1) is 19.1. The number of carbonyl (C=O) groups excluding carboxylic acids is 1. The maximum absolute atomic E-state index is 12.4. The summed E-state index contributed by atoms with van der Waals surface area (Å²) in [5.41, 5.74) is 0.298. The molecule has 25 heavy (non-hydrogen) atoms. The van der Waals surface area contributed by atoms with E-state index in [0.717, 1.165) is 12.8 Å². The van der Waals surface area contributed by atoms with E-state index in [1.165, 1.54) is 28.6 Å². The highest BCUT2D eigenvalue weighted by Crippen LogP contribution is 2.16. The minimum absolute atomic E-state index is 0.0119. The third kappa shape index (κ3) is 4.64. The number of nitrogens with one attached hydrogen (secondary N) is 1. The molecule has 0 fully saturated rings. The smallest absolute Gasteiger partial charge is 0.322 e. The molecule has 0 bridgehead atoms. The van der Waals surface area contributed by atoms with Crippen LogP contribution in [0.25, 0.3) is 0 Å². The van der Waals surface area contributed by atoms with Gasteiger partial charge in [-0.05, 0) is 30.7 Å².